The molecular formula is C25H44. The number of fused-ring (bicyclic) bond motifs is 5. The second kappa shape index (κ2) is 6.00. The van der Waals surface area contributed by atoms with Gasteiger partial charge in [0, 0.05) is 0 Å². The Labute approximate surface area is 157 Å². The molecule has 4 saturated carbocycles. The molecule has 0 heterocycles. The Morgan fingerprint density at radius 1 is 0.800 bits per heavy atom. The first kappa shape index (κ1) is 18.4. The van der Waals surface area contributed by atoms with Gasteiger partial charge < -0.3 is 0 Å². The van der Waals surface area contributed by atoms with E-state index in [-0.39, 0.29) is 0 Å². The van der Waals surface area contributed by atoms with Crippen LogP contribution in [0.4, 0.5) is 0 Å². The van der Waals surface area contributed by atoms with E-state index in [2.05, 4.69) is 41.5 Å². The molecule has 4 aliphatic rings. The van der Waals surface area contributed by atoms with Gasteiger partial charge in [-0.05, 0) is 116 Å². The monoisotopic (exact) mass is 344 g/mol. The molecule has 0 aromatic rings. The normalized spacial score (nSPS) is 53.0. The summed E-state index contributed by atoms with van der Waals surface area (Å²) in [5.74, 6) is 6.22. The highest BCUT2D eigenvalue weighted by molar-refractivity contribution is 5.08. The Kier molecular flexibility index (Phi) is 4.41. The van der Waals surface area contributed by atoms with Crippen LogP contribution in [0, 0.1) is 51.8 Å². The minimum absolute atomic E-state index is 0.516. The fourth-order valence-corrected chi connectivity index (χ4v) is 8.66. The lowest BCUT2D eigenvalue weighted by Crippen LogP contribution is -2.53. The van der Waals surface area contributed by atoms with Gasteiger partial charge in [0.05, 0.1) is 0 Å². The molecule has 0 nitrogen and oxygen atoms in total. The highest BCUT2D eigenvalue weighted by Gasteiger charge is 2.59. The van der Waals surface area contributed by atoms with Crippen molar-refractivity contribution in [2.45, 2.75) is 106 Å². The van der Waals surface area contributed by atoms with E-state index >= 15 is 0 Å². The van der Waals surface area contributed by atoms with E-state index in [1.54, 1.807) is 38.5 Å². The molecule has 144 valence electrons. The third-order valence-electron chi connectivity index (χ3n) is 10.1. The van der Waals surface area contributed by atoms with Crippen LogP contribution in [0.1, 0.15) is 106 Å². The lowest BCUT2D eigenvalue weighted by molar-refractivity contribution is -0.118. The van der Waals surface area contributed by atoms with Crippen molar-refractivity contribution in [2.75, 3.05) is 0 Å². The molecule has 8 atom stereocenters. The van der Waals surface area contributed by atoms with Crippen LogP contribution in [0.3, 0.4) is 0 Å². The van der Waals surface area contributed by atoms with Crippen molar-refractivity contribution < 1.29 is 0 Å². The van der Waals surface area contributed by atoms with Crippen molar-refractivity contribution in [3.05, 3.63) is 0 Å². The van der Waals surface area contributed by atoms with E-state index in [1.165, 1.54) is 25.7 Å². The van der Waals surface area contributed by atoms with Gasteiger partial charge in [-0.3, -0.25) is 0 Å². The molecule has 4 fully saturated rings. The Bertz CT molecular complexity index is 499. The molecule has 0 heteroatoms. The zero-order valence-electron chi connectivity index (χ0n) is 18.0. The smallest absolute Gasteiger partial charge is 0.0266 e. The van der Waals surface area contributed by atoms with Gasteiger partial charge in [-0.25, -0.2) is 0 Å². The van der Waals surface area contributed by atoms with E-state index < -0.39 is 0 Å². The average molecular weight is 345 g/mol. The van der Waals surface area contributed by atoms with Crippen LogP contribution in [-0.4, -0.2) is 0 Å². The summed E-state index contributed by atoms with van der Waals surface area (Å²) in [6.07, 6.45) is 15.3. The summed E-state index contributed by atoms with van der Waals surface area (Å²) >= 11 is 0. The summed E-state index contributed by atoms with van der Waals surface area (Å²) < 4.78 is 0. The van der Waals surface area contributed by atoms with Crippen molar-refractivity contribution in [2.24, 2.45) is 51.8 Å². The van der Waals surface area contributed by atoms with Crippen LogP contribution in [0.5, 0.6) is 0 Å². The summed E-state index contributed by atoms with van der Waals surface area (Å²) in [5, 5.41) is 0. The van der Waals surface area contributed by atoms with Crippen LogP contribution in [-0.2, 0) is 0 Å². The molecule has 4 rings (SSSR count). The standard InChI is InChI=1S/C25H44/c1-17-7-10-21-20-9-8-19-15-18(16-23(2,3)4)11-13-25(19,6)22(20)12-14-24(17,21)5/h17-22H,7-16H2,1-6H3/t17?,18-,19?,20?,21?,22?,24?,25?/m1/s1. The van der Waals surface area contributed by atoms with Gasteiger partial charge in [0.1, 0.15) is 0 Å². The van der Waals surface area contributed by atoms with Crippen molar-refractivity contribution >= 4 is 0 Å². The molecule has 4 aliphatic carbocycles. The second-order valence-corrected chi connectivity index (χ2v) is 12.6. The maximum absolute atomic E-state index is 2.74. The molecule has 7 unspecified atom stereocenters. The summed E-state index contributed by atoms with van der Waals surface area (Å²) in [5.41, 5.74) is 1.89. The third-order valence-corrected chi connectivity index (χ3v) is 10.1. The van der Waals surface area contributed by atoms with Gasteiger partial charge in [0.15, 0.2) is 0 Å². The number of hydrogen-bond acceptors (Lipinski definition) is 0. The predicted octanol–water partition coefficient (Wildman–Crippen LogP) is 7.72. The van der Waals surface area contributed by atoms with Gasteiger partial charge in [-0.2, -0.15) is 0 Å². The maximum Gasteiger partial charge on any atom is -0.0266 e. The van der Waals surface area contributed by atoms with Gasteiger partial charge in [-0.15, -0.1) is 0 Å². The number of hydrogen-bond donors (Lipinski definition) is 0. The minimum atomic E-state index is 0.516. The van der Waals surface area contributed by atoms with Gasteiger partial charge in [-0.1, -0.05) is 41.5 Å². The van der Waals surface area contributed by atoms with Crippen LogP contribution in [0.2, 0.25) is 0 Å². The molecular weight excluding hydrogens is 300 g/mol. The molecule has 0 aromatic heterocycles. The Hall–Kier alpha value is 0. The minimum Gasteiger partial charge on any atom is -0.0620 e. The molecule has 0 aromatic carbocycles. The van der Waals surface area contributed by atoms with Gasteiger partial charge in [0.25, 0.3) is 0 Å². The first-order chi connectivity index (χ1) is 11.6. The van der Waals surface area contributed by atoms with Crippen molar-refractivity contribution in [3.63, 3.8) is 0 Å². The fourth-order valence-electron chi connectivity index (χ4n) is 8.66. The van der Waals surface area contributed by atoms with E-state index in [1.807, 2.05) is 0 Å². The molecule has 0 amide bonds. The quantitative estimate of drug-likeness (QED) is 0.457. The lowest BCUT2D eigenvalue weighted by atomic mass is 9.44. The van der Waals surface area contributed by atoms with E-state index in [0.717, 1.165) is 35.5 Å². The highest BCUT2D eigenvalue weighted by Crippen LogP contribution is 2.67. The van der Waals surface area contributed by atoms with Crippen LogP contribution < -0.4 is 0 Å². The molecule has 0 spiro atoms. The average Bonchev–Trinajstić information content (AvgIpc) is 2.82. The van der Waals surface area contributed by atoms with Crippen molar-refractivity contribution in [1.29, 1.82) is 0 Å². The van der Waals surface area contributed by atoms with Crippen molar-refractivity contribution in [3.8, 4) is 0 Å². The predicted molar refractivity (Wildman–Crippen MR) is 108 cm³/mol. The lowest BCUT2D eigenvalue weighted by Gasteiger charge is -2.61. The molecule has 0 saturated heterocycles. The Morgan fingerprint density at radius 3 is 2.20 bits per heavy atom. The Morgan fingerprint density at radius 2 is 1.48 bits per heavy atom. The third kappa shape index (κ3) is 2.93. The Balaban J connectivity index is 1.51. The van der Waals surface area contributed by atoms with Crippen LogP contribution in [0.15, 0.2) is 0 Å². The maximum atomic E-state index is 2.74. The van der Waals surface area contributed by atoms with Crippen molar-refractivity contribution in [1.82, 2.24) is 0 Å². The summed E-state index contributed by atoms with van der Waals surface area (Å²) in [6.45, 7) is 15.3. The summed E-state index contributed by atoms with van der Waals surface area (Å²) in [6, 6.07) is 0. The largest absolute Gasteiger partial charge is 0.0620 e. The molecule has 0 aliphatic heterocycles. The zero-order chi connectivity index (χ0) is 18.0. The van der Waals surface area contributed by atoms with Gasteiger partial charge >= 0.3 is 0 Å². The number of rotatable bonds is 1. The van der Waals surface area contributed by atoms with E-state index in [9.17, 15) is 0 Å². The van der Waals surface area contributed by atoms with Crippen LogP contribution in [0.25, 0.3) is 0 Å². The summed E-state index contributed by atoms with van der Waals surface area (Å²) in [7, 11) is 0. The topological polar surface area (TPSA) is 0 Å². The fraction of sp³-hybridized carbons (Fsp3) is 1.00. The SMILES string of the molecule is CC1CCC2C3CCC4C[C@H](CC(C)(C)C)CCC4(C)C3CCC12C. The first-order valence-corrected chi connectivity index (χ1v) is 11.6. The molecule has 0 radical (unpaired) electrons. The van der Waals surface area contributed by atoms with E-state index in [0.29, 0.717) is 16.2 Å². The van der Waals surface area contributed by atoms with Gasteiger partial charge in [0.2, 0.25) is 0 Å². The van der Waals surface area contributed by atoms with Crippen LogP contribution >= 0.6 is 0 Å². The highest BCUT2D eigenvalue weighted by atomic mass is 14.6. The second-order valence-electron chi connectivity index (χ2n) is 12.6. The van der Waals surface area contributed by atoms with E-state index in [4.69, 9.17) is 0 Å². The zero-order valence-corrected chi connectivity index (χ0v) is 18.0. The summed E-state index contributed by atoms with van der Waals surface area (Å²) in [4.78, 5) is 0. The molecule has 0 N–H and O–H groups in total. The first-order valence-electron chi connectivity index (χ1n) is 11.6. The molecule has 0 bridgehead atoms. The molecule has 25 heavy (non-hydrogen) atoms.